The van der Waals surface area contributed by atoms with Gasteiger partial charge in [-0.05, 0) is 36.5 Å². The van der Waals surface area contributed by atoms with Crippen molar-refractivity contribution in [2.24, 2.45) is 0 Å². The standard InChI is InChI=1S/C17H27/c1-3-5-6-7-8-9-13-17-15-11-10-14-16(17)12-4-2/h10-11,14H,3-9,12-13H2,1-2H3. The maximum Gasteiger partial charge on any atom is -0.0146 e. The number of hydrogen-bond acceptors (Lipinski definition) is 0. The number of benzene rings is 1. The first-order chi connectivity index (χ1) is 8.38. The Labute approximate surface area is 107 Å². The van der Waals surface area contributed by atoms with Gasteiger partial charge in [0.15, 0.2) is 0 Å². The van der Waals surface area contributed by atoms with Gasteiger partial charge < -0.3 is 0 Å². The lowest BCUT2D eigenvalue weighted by Crippen LogP contribution is -1.94. The molecule has 1 aromatic carbocycles. The Kier molecular flexibility index (Phi) is 7.79. The van der Waals surface area contributed by atoms with Crippen LogP contribution in [0.5, 0.6) is 0 Å². The smallest absolute Gasteiger partial charge is 0.0146 e. The van der Waals surface area contributed by atoms with Gasteiger partial charge in [-0.15, -0.1) is 0 Å². The Balaban J connectivity index is 2.25. The van der Waals surface area contributed by atoms with Gasteiger partial charge >= 0.3 is 0 Å². The quantitative estimate of drug-likeness (QED) is 0.503. The van der Waals surface area contributed by atoms with Crippen LogP contribution in [0.15, 0.2) is 18.2 Å². The van der Waals surface area contributed by atoms with Gasteiger partial charge in [0.05, 0.1) is 0 Å². The van der Waals surface area contributed by atoms with Crippen LogP contribution in [0.25, 0.3) is 0 Å². The number of unbranched alkanes of at least 4 members (excludes halogenated alkanes) is 5. The van der Waals surface area contributed by atoms with E-state index in [4.69, 9.17) is 0 Å². The summed E-state index contributed by atoms with van der Waals surface area (Å²) in [5.74, 6) is 0. The molecule has 0 fully saturated rings. The Morgan fingerprint density at radius 1 is 0.882 bits per heavy atom. The second-order valence-electron chi connectivity index (χ2n) is 4.94. The summed E-state index contributed by atoms with van der Waals surface area (Å²) >= 11 is 0. The molecule has 0 saturated carbocycles. The minimum atomic E-state index is 1.21. The van der Waals surface area contributed by atoms with Gasteiger partial charge in [-0.1, -0.05) is 70.6 Å². The summed E-state index contributed by atoms with van der Waals surface area (Å²) in [6.45, 7) is 4.53. The van der Waals surface area contributed by atoms with E-state index in [1.54, 1.807) is 0 Å². The Hall–Kier alpha value is -0.780. The zero-order valence-electron chi connectivity index (χ0n) is 11.6. The van der Waals surface area contributed by atoms with Crippen molar-refractivity contribution in [2.75, 3.05) is 0 Å². The zero-order valence-corrected chi connectivity index (χ0v) is 11.6. The van der Waals surface area contributed by atoms with E-state index in [9.17, 15) is 0 Å². The topological polar surface area (TPSA) is 0 Å². The largest absolute Gasteiger partial charge is 0.0654 e. The molecule has 0 aliphatic rings. The molecule has 17 heavy (non-hydrogen) atoms. The van der Waals surface area contributed by atoms with Gasteiger partial charge in [0.25, 0.3) is 0 Å². The van der Waals surface area contributed by atoms with E-state index in [2.05, 4.69) is 38.1 Å². The van der Waals surface area contributed by atoms with Gasteiger partial charge in [0.2, 0.25) is 0 Å². The monoisotopic (exact) mass is 231 g/mol. The van der Waals surface area contributed by atoms with Crippen molar-refractivity contribution in [1.29, 1.82) is 0 Å². The number of rotatable bonds is 9. The molecule has 0 N–H and O–H groups in total. The molecule has 0 aromatic heterocycles. The summed E-state index contributed by atoms with van der Waals surface area (Å²) in [7, 11) is 0. The molecule has 95 valence electrons. The third-order valence-corrected chi connectivity index (χ3v) is 3.34. The van der Waals surface area contributed by atoms with E-state index in [-0.39, 0.29) is 0 Å². The fourth-order valence-corrected chi connectivity index (χ4v) is 2.32. The van der Waals surface area contributed by atoms with Crippen LogP contribution in [0.4, 0.5) is 0 Å². The molecule has 0 aliphatic heterocycles. The van der Waals surface area contributed by atoms with Crippen LogP contribution in [0, 0.1) is 6.07 Å². The molecule has 1 rings (SSSR count). The fraction of sp³-hybridized carbons (Fsp3) is 0.647. The molecule has 1 radical (unpaired) electrons. The van der Waals surface area contributed by atoms with Crippen molar-refractivity contribution in [1.82, 2.24) is 0 Å². The van der Waals surface area contributed by atoms with E-state index in [1.807, 2.05) is 0 Å². The van der Waals surface area contributed by atoms with Gasteiger partial charge in [0, 0.05) is 0 Å². The number of hydrogen-bond donors (Lipinski definition) is 0. The minimum absolute atomic E-state index is 1.21. The number of aryl methyl sites for hydroxylation is 2. The van der Waals surface area contributed by atoms with Crippen molar-refractivity contribution >= 4 is 0 Å². The molecule has 0 bridgehead atoms. The molecule has 0 saturated heterocycles. The SMILES string of the molecule is CCCCCCCCc1[c]cccc1CCC. The Morgan fingerprint density at radius 3 is 2.41 bits per heavy atom. The second kappa shape index (κ2) is 9.27. The summed E-state index contributed by atoms with van der Waals surface area (Å²) in [5.41, 5.74) is 2.98. The molecule has 0 aliphatic carbocycles. The molecule has 0 amide bonds. The summed E-state index contributed by atoms with van der Waals surface area (Å²) in [6, 6.07) is 9.88. The molecule has 0 spiro atoms. The average molecular weight is 231 g/mol. The van der Waals surface area contributed by atoms with E-state index >= 15 is 0 Å². The first-order valence-electron chi connectivity index (χ1n) is 7.37. The van der Waals surface area contributed by atoms with Crippen molar-refractivity contribution in [3.8, 4) is 0 Å². The minimum Gasteiger partial charge on any atom is -0.0654 e. The Morgan fingerprint density at radius 2 is 1.65 bits per heavy atom. The Bertz CT molecular complexity index is 288. The first kappa shape index (κ1) is 14.3. The van der Waals surface area contributed by atoms with Crippen molar-refractivity contribution in [2.45, 2.75) is 71.6 Å². The van der Waals surface area contributed by atoms with E-state index in [0.29, 0.717) is 0 Å². The molecular formula is C17H27. The highest BCUT2D eigenvalue weighted by molar-refractivity contribution is 5.26. The molecule has 0 heteroatoms. The molecule has 0 unspecified atom stereocenters. The second-order valence-corrected chi connectivity index (χ2v) is 4.94. The molecule has 0 nitrogen and oxygen atoms in total. The van der Waals surface area contributed by atoms with Gasteiger partial charge in [-0.2, -0.15) is 0 Å². The normalized spacial score (nSPS) is 10.7. The van der Waals surface area contributed by atoms with E-state index in [0.717, 1.165) is 0 Å². The lowest BCUT2D eigenvalue weighted by Gasteiger charge is -2.07. The van der Waals surface area contributed by atoms with Crippen LogP contribution in [-0.2, 0) is 12.8 Å². The van der Waals surface area contributed by atoms with Gasteiger partial charge in [0.1, 0.15) is 0 Å². The molecule has 0 atom stereocenters. The van der Waals surface area contributed by atoms with Crippen LogP contribution in [-0.4, -0.2) is 0 Å². The summed E-state index contributed by atoms with van der Waals surface area (Å²) in [4.78, 5) is 0. The fourth-order valence-electron chi connectivity index (χ4n) is 2.32. The molecule has 1 aromatic rings. The predicted molar refractivity (Wildman–Crippen MR) is 76.4 cm³/mol. The van der Waals surface area contributed by atoms with Gasteiger partial charge in [-0.25, -0.2) is 0 Å². The lowest BCUT2D eigenvalue weighted by atomic mass is 9.98. The van der Waals surface area contributed by atoms with Crippen LogP contribution in [0.2, 0.25) is 0 Å². The molecule has 0 heterocycles. The lowest BCUT2D eigenvalue weighted by molar-refractivity contribution is 0.606. The van der Waals surface area contributed by atoms with Crippen LogP contribution in [0.3, 0.4) is 0 Å². The highest BCUT2D eigenvalue weighted by Crippen LogP contribution is 2.15. The molecular weight excluding hydrogens is 204 g/mol. The average Bonchev–Trinajstić information content (AvgIpc) is 2.36. The summed E-state index contributed by atoms with van der Waals surface area (Å²) in [5, 5.41) is 0. The van der Waals surface area contributed by atoms with Crippen molar-refractivity contribution in [3.05, 3.63) is 35.4 Å². The maximum atomic E-state index is 3.42. The summed E-state index contributed by atoms with van der Waals surface area (Å²) < 4.78 is 0. The van der Waals surface area contributed by atoms with Crippen LogP contribution in [0.1, 0.15) is 69.9 Å². The van der Waals surface area contributed by atoms with Crippen molar-refractivity contribution < 1.29 is 0 Å². The van der Waals surface area contributed by atoms with Crippen LogP contribution >= 0.6 is 0 Å². The highest BCUT2D eigenvalue weighted by Gasteiger charge is 2.00. The third-order valence-electron chi connectivity index (χ3n) is 3.34. The first-order valence-corrected chi connectivity index (χ1v) is 7.37. The third kappa shape index (κ3) is 5.91. The maximum absolute atomic E-state index is 3.42. The summed E-state index contributed by atoms with van der Waals surface area (Å²) in [6.07, 6.45) is 12.0. The van der Waals surface area contributed by atoms with Crippen LogP contribution < -0.4 is 0 Å². The predicted octanol–water partition coefficient (Wildman–Crippen LogP) is 5.34. The van der Waals surface area contributed by atoms with E-state index < -0.39 is 0 Å². The van der Waals surface area contributed by atoms with E-state index in [1.165, 1.54) is 68.9 Å². The zero-order chi connectivity index (χ0) is 12.3. The van der Waals surface area contributed by atoms with Gasteiger partial charge in [-0.3, -0.25) is 0 Å². The highest BCUT2D eigenvalue weighted by atomic mass is 14.1. The van der Waals surface area contributed by atoms with Crippen molar-refractivity contribution in [3.63, 3.8) is 0 Å².